The van der Waals surface area contributed by atoms with Crippen LogP contribution in [0.3, 0.4) is 0 Å². The summed E-state index contributed by atoms with van der Waals surface area (Å²) in [6, 6.07) is 32.7. The molecule has 0 saturated carbocycles. The highest BCUT2D eigenvalue weighted by atomic mass is 35.5. The maximum absolute atomic E-state index is 13.8. The highest BCUT2D eigenvalue weighted by Crippen LogP contribution is 2.36. The van der Waals surface area contributed by atoms with Gasteiger partial charge in [0.05, 0.1) is 11.4 Å². The van der Waals surface area contributed by atoms with E-state index in [1.807, 2.05) is 72.8 Å². The fourth-order valence-corrected chi connectivity index (χ4v) is 4.98. The Morgan fingerprint density at radius 1 is 0.816 bits per heavy atom. The number of halogens is 1. The van der Waals surface area contributed by atoms with Crippen molar-refractivity contribution >= 4 is 33.0 Å². The lowest BCUT2D eigenvalue weighted by molar-refractivity contribution is 0.101. The number of sulfone groups is 1. The summed E-state index contributed by atoms with van der Waals surface area (Å²) in [5, 5.41) is 8.47. The average Bonchev–Trinajstić information content (AvgIpc) is 3.29. The number of amides is 1. The number of nitrogens with one attached hydrogen (secondary N) is 1. The Labute approximate surface area is 226 Å². The van der Waals surface area contributed by atoms with E-state index in [2.05, 4.69) is 5.32 Å². The largest absolute Gasteiger partial charge is 0.321 e. The van der Waals surface area contributed by atoms with Crippen LogP contribution < -0.4 is 5.32 Å². The SMILES string of the molecule is CS(=O)(=O)c1ccc(-c2nn(Cc3ccccc3)c(C(=O)Nc3ccccc3)c2-c2ccc(Cl)cc2)cc1. The number of nitrogens with zero attached hydrogens (tertiary/aromatic N) is 2. The molecule has 1 aromatic heterocycles. The summed E-state index contributed by atoms with van der Waals surface area (Å²) in [6.45, 7) is 0.362. The summed E-state index contributed by atoms with van der Waals surface area (Å²) in [5.41, 5.74) is 4.63. The van der Waals surface area contributed by atoms with Crippen molar-refractivity contribution < 1.29 is 13.2 Å². The third kappa shape index (κ3) is 5.54. The fraction of sp³-hybridized carbons (Fsp3) is 0.0667. The number of rotatable bonds is 7. The number of hydrogen-bond donors (Lipinski definition) is 1. The van der Waals surface area contributed by atoms with Gasteiger partial charge in [0.1, 0.15) is 11.4 Å². The normalized spacial score (nSPS) is 11.3. The molecular weight excluding hydrogens is 518 g/mol. The molecule has 0 spiro atoms. The van der Waals surface area contributed by atoms with Crippen LogP contribution in [0.1, 0.15) is 16.1 Å². The molecule has 5 aromatic rings. The molecule has 1 amide bonds. The molecule has 0 unspecified atom stereocenters. The number of carbonyl (C=O) groups is 1. The van der Waals surface area contributed by atoms with Gasteiger partial charge in [-0.15, -0.1) is 0 Å². The third-order valence-corrected chi connectivity index (χ3v) is 7.44. The molecule has 6 nitrogen and oxygen atoms in total. The second kappa shape index (κ2) is 10.7. The molecule has 5 rings (SSSR count). The van der Waals surface area contributed by atoms with Crippen LogP contribution >= 0.6 is 11.6 Å². The van der Waals surface area contributed by atoms with Gasteiger partial charge >= 0.3 is 0 Å². The maximum Gasteiger partial charge on any atom is 0.274 e. The molecule has 8 heteroatoms. The van der Waals surface area contributed by atoms with E-state index in [4.69, 9.17) is 16.7 Å². The number of anilines is 1. The van der Waals surface area contributed by atoms with Crippen LogP contribution in [0.15, 0.2) is 114 Å². The van der Waals surface area contributed by atoms with E-state index in [1.54, 1.807) is 41.1 Å². The molecular formula is C30H24ClN3O3S. The first-order valence-electron chi connectivity index (χ1n) is 11.9. The van der Waals surface area contributed by atoms with Crippen LogP contribution in [0.5, 0.6) is 0 Å². The van der Waals surface area contributed by atoms with E-state index < -0.39 is 9.84 Å². The maximum atomic E-state index is 13.8. The zero-order valence-electron chi connectivity index (χ0n) is 20.5. The molecule has 0 fully saturated rings. The van der Waals surface area contributed by atoms with Gasteiger partial charge in [0.15, 0.2) is 9.84 Å². The Bertz CT molecular complexity index is 1680. The van der Waals surface area contributed by atoms with Crippen molar-refractivity contribution in [2.75, 3.05) is 11.6 Å². The van der Waals surface area contributed by atoms with E-state index in [0.717, 1.165) is 11.1 Å². The van der Waals surface area contributed by atoms with Gasteiger partial charge in [0.2, 0.25) is 0 Å². The Balaban J connectivity index is 1.72. The van der Waals surface area contributed by atoms with Gasteiger partial charge in [0, 0.05) is 28.1 Å². The van der Waals surface area contributed by atoms with Crippen LogP contribution in [-0.4, -0.2) is 30.4 Å². The van der Waals surface area contributed by atoms with E-state index >= 15 is 0 Å². The monoisotopic (exact) mass is 541 g/mol. The van der Waals surface area contributed by atoms with E-state index in [9.17, 15) is 13.2 Å². The predicted octanol–water partition coefficient (Wildman–Crippen LogP) is 6.57. The standard InChI is InChI=1S/C30H24ClN3O3S/c1-38(36,37)26-18-14-23(15-19-26)28-27(22-12-16-24(31)17-13-22)29(30(35)32-25-10-6-3-7-11-25)34(33-28)20-21-8-4-2-5-9-21/h2-19H,20H2,1H3,(H,32,35). The molecule has 0 atom stereocenters. The lowest BCUT2D eigenvalue weighted by Gasteiger charge is -2.11. The van der Waals surface area contributed by atoms with E-state index in [1.165, 1.54) is 6.26 Å². The van der Waals surface area contributed by atoms with Crippen molar-refractivity contribution in [3.63, 3.8) is 0 Å². The molecule has 1 heterocycles. The summed E-state index contributed by atoms with van der Waals surface area (Å²) in [4.78, 5) is 14.0. The van der Waals surface area contributed by atoms with Gasteiger partial charge in [-0.2, -0.15) is 5.10 Å². The zero-order chi connectivity index (χ0) is 26.7. The first kappa shape index (κ1) is 25.4. The van der Waals surface area contributed by atoms with E-state index in [-0.39, 0.29) is 10.8 Å². The molecule has 0 radical (unpaired) electrons. The molecule has 4 aromatic carbocycles. The summed E-state index contributed by atoms with van der Waals surface area (Å²) in [6.07, 6.45) is 1.17. The Morgan fingerprint density at radius 3 is 2.00 bits per heavy atom. The second-order valence-corrected chi connectivity index (χ2v) is 11.3. The number of benzene rings is 4. The second-order valence-electron chi connectivity index (χ2n) is 8.84. The van der Waals surface area contributed by atoms with Crippen molar-refractivity contribution in [1.29, 1.82) is 0 Å². The Morgan fingerprint density at radius 2 is 1.39 bits per heavy atom. The third-order valence-electron chi connectivity index (χ3n) is 6.06. The smallest absolute Gasteiger partial charge is 0.274 e. The summed E-state index contributed by atoms with van der Waals surface area (Å²) in [7, 11) is -3.36. The number of aromatic nitrogens is 2. The van der Waals surface area contributed by atoms with Gasteiger partial charge < -0.3 is 5.32 Å². The van der Waals surface area contributed by atoms with Crippen molar-refractivity contribution in [1.82, 2.24) is 9.78 Å². The molecule has 0 saturated heterocycles. The lowest BCUT2D eigenvalue weighted by atomic mass is 9.98. The zero-order valence-corrected chi connectivity index (χ0v) is 22.1. The van der Waals surface area contributed by atoms with Crippen LogP contribution in [0, 0.1) is 0 Å². The van der Waals surface area contributed by atoms with Crippen molar-refractivity contribution in [3.05, 3.63) is 125 Å². The molecule has 0 aliphatic rings. The van der Waals surface area contributed by atoms with Crippen LogP contribution in [-0.2, 0) is 16.4 Å². The predicted molar refractivity (Wildman–Crippen MR) is 151 cm³/mol. The number of carbonyl (C=O) groups excluding carboxylic acids is 1. The molecule has 0 bridgehead atoms. The topological polar surface area (TPSA) is 81.1 Å². The van der Waals surface area contributed by atoms with Crippen LogP contribution in [0.2, 0.25) is 5.02 Å². The lowest BCUT2D eigenvalue weighted by Crippen LogP contribution is -2.19. The van der Waals surface area contributed by atoms with Crippen LogP contribution in [0.25, 0.3) is 22.4 Å². The first-order chi connectivity index (χ1) is 18.3. The minimum Gasteiger partial charge on any atom is -0.321 e. The molecule has 0 aliphatic carbocycles. The number of para-hydroxylation sites is 1. The van der Waals surface area contributed by atoms with Gasteiger partial charge in [-0.05, 0) is 47.5 Å². The first-order valence-corrected chi connectivity index (χ1v) is 14.1. The summed E-state index contributed by atoms with van der Waals surface area (Å²) >= 11 is 6.18. The van der Waals surface area contributed by atoms with Crippen molar-refractivity contribution in [2.24, 2.45) is 0 Å². The molecule has 1 N–H and O–H groups in total. The Kier molecular flexibility index (Phi) is 7.13. The van der Waals surface area contributed by atoms with Gasteiger partial charge in [-0.25, -0.2) is 8.42 Å². The van der Waals surface area contributed by atoms with Crippen LogP contribution in [0.4, 0.5) is 5.69 Å². The van der Waals surface area contributed by atoms with Gasteiger partial charge in [-0.1, -0.05) is 84.4 Å². The highest BCUT2D eigenvalue weighted by Gasteiger charge is 2.26. The number of hydrogen-bond acceptors (Lipinski definition) is 4. The molecule has 0 aliphatic heterocycles. The van der Waals surface area contributed by atoms with Gasteiger partial charge in [0.25, 0.3) is 5.91 Å². The molecule has 38 heavy (non-hydrogen) atoms. The van der Waals surface area contributed by atoms with Crippen molar-refractivity contribution in [2.45, 2.75) is 11.4 Å². The van der Waals surface area contributed by atoms with Crippen molar-refractivity contribution in [3.8, 4) is 22.4 Å². The average molecular weight is 542 g/mol. The fourth-order valence-electron chi connectivity index (χ4n) is 4.23. The minimum absolute atomic E-state index is 0.208. The highest BCUT2D eigenvalue weighted by molar-refractivity contribution is 7.90. The Hall–Kier alpha value is -4.20. The minimum atomic E-state index is -3.36. The quantitative estimate of drug-likeness (QED) is 0.252. The van der Waals surface area contributed by atoms with E-state index in [0.29, 0.717) is 39.8 Å². The van der Waals surface area contributed by atoms with Gasteiger partial charge in [-0.3, -0.25) is 9.48 Å². The molecule has 190 valence electrons. The summed E-state index contributed by atoms with van der Waals surface area (Å²) in [5.74, 6) is -0.316. The summed E-state index contributed by atoms with van der Waals surface area (Å²) < 4.78 is 25.8.